The number of aliphatic carboxylic acids is 1. The van der Waals surface area contributed by atoms with Gasteiger partial charge in [-0.15, -0.1) is 0 Å². The van der Waals surface area contributed by atoms with Crippen molar-refractivity contribution in [1.82, 2.24) is 16.0 Å². The minimum atomic E-state index is -1.70. The van der Waals surface area contributed by atoms with Gasteiger partial charge in [-0.2, -0.15) is 0 Å². The van der Waals surface area contributed by atoms with Gasteiger partial charge in [0.2, 0.25) is 23.6 Å². The van der Waals surface area contributed by atoms with Crippen LogP contribution < -0.4 is 21.7 Å². The van der Waals surface area contributed by atoms with E-state index < -0.39 is 91.5 Å². The topological polar surface area (TPSA) is 273 Å². The number of rotatable bonds is 30. The number of carbonyl (C=O) groups excluding carboxylic acids is 5. The molecule has 0 bridgehead atoms. The quantitative estimate of drug-likeness (QED) is 0.0380. The normalized spacial score (nSPS) is 21.3. The van der Waals surface area contributed by atoms with Gasteiger partial charge < -0.3 is 56.3 Å². The van der Waals surface area contributed by atoms with E-state index in [1.807, 2.05) is 0 Å². The van der Waals surface area contributed by atoms with Gasteiger partial charge in [0.25, 0.3) is 0 Å². The fraction of sp³-hybridized carbons (Fsp3) is 0.838. The van der Waals surface area contributed by atoms with Crippen LogP contribution in [0.5, 0.6) is 0 Å². The molecule has 1 saturated heterocycles. The lowest BCUT2D eigenvalue weighted by Crippen LogP contribution is -2.66. The molecule has 1 unspecified atom stereocenters. The molecule has 4 amide bonds. The van der Waals surface area contributed by atoms with Crippen LogP contribution in [0.3, 0.4) is 0 Å². The first-order valence-corrected chi connectivity index (χ1v) is 19.6. The fourth-order valence-corrected chi connectivity index (χ4v) is 5.96. The maximum atomic E-state index is 12.9. The highest BCUT2D eigenvalue weighted by molar-refractivity contribution is 5.92. The van der Waals surface area contributed by atoms with Crippen LogP contribution >= 0.6 is 0 Å². The number of nitrogens with two attached hydrogens (primary N) is 1. The van der Waals surface area contributed by atoms with Gasteiger partial charge in [-0.05, 0) is 39.5 Å². The number of hydrogen-bond acceptors (Lipinski definition) is 12. The Morgan fingerprint density at radius 3 is 1.93 bits per heavy atom. The molecule has 0 aliphatic carbocycles. The molecule has 0 aromatic rings. The van der Waals surface area contributed by atoms with Crippen molar-refractivity contribution >= 4 is 35.6 Å². The number of carbonyl (C=O) groups is 6. The summed E-state index contributed by atoms with van der Waals surface area (Å²) in [5.41, 5.74) is 5.24. The van der Waals surface area contributed by atoms with E-state index >= 15 is 0 Å². The highest BCUT2D eigenvalue weighted by Gasteiger charge is 2.47. The van der Waals surface area contributed by atoms with E-state index in [1.165, 1.54) is 52.4 Å². The number of hydrogen-bond donors (Lipinski definition) is 8. The second-order valence-corrected chi connectivity index (χ2v) is 14.0. The molecule has 17 nitrogen and oxygen atoms in total. The predicted octanol–water partition coefficient (Wildman–Crippen LogP) is 1.46. The Hall–Kier alpha value is -3.38. The van der Waals surface area contributed by atoms with Gasteiger partial charge in [-0.3, -0.25) is 28.8 Å². The van der Waals surface area contributed by atoms with E-state index in [0.29, 0.717) is 19.4 Å². The molecule has 17 heteroatoms. The standard InChI is InChI=1S/C37H66N4O13/c1-4-5-6-7-8-9-10-13-16-19-30(46)52-22-17-14-11-12-15-18-28(43)41-31-33(32(47)27(23-42)54-37(31)51)53-25(3)36(50)39-24(2)35(49)40-26(34(38)48)20-21-29(44)45/h24-27,31-33,37,42,47,51H,4-23H2,1-3H3,(H2,38,48)(H,39,50)(H,40,49)(H,41,43)(H,44,45)/t24-,25+,26+,27+,31+,32+,33+,37?/m0/s1. The van der Waals surface area contributed by atoms with E-state index in [4.69, 9.17) is 25.1 Å². The van der Waals surface area contributed by atoms with Crippen molar-refractivity contribution in [3.8, 4) is 0 Å². The Morgan fingerprint density at radius 1 is 0.778 bits per heavy atom. The van der Waals surface area contributed by atoms with Crippen molar-refractivity contribution in [3.63, 3.8) is 0 Å². The molecule has 0 spiro atoms. The molecular weight excluding hydrogens is 708 g/mol. The van der Waals surface area contributed by atoms with Crippen LogP contribution in [-0.2, 0) is 43.0 Å². The van der Waals surface area contributed by atoms with Crippen molar-refractivity contribution in [1.29, 1.82) is 0 Å². The average Bonchev–Trinajstić information content (AvgIpc) is 3.12. The SMILES string of the molecule is CCCCCCCCCCCC(=O)OCCCCCCCC(=O)N[C@H]1C(O)O[C@H](CO)[C@@H](O)[C@@H]1O[C@H](C)C(=O)N[C@@H](C)C(=O)N[C@H](CCC(=O)O)C(N)=O. The third-order valence-electron chi connectivity index (χ3n) is 9.29. The number of primary amides is 1. The molecule has 0 aromatic heterocycles. The van der Waals surface area contributed by atoms with Gasteiger partial charge >= 0.3 is 11.9 Å². The van der Waals surface area contributed by atoms with Gasteiger partial charge in [-0.1, -0.05) is 77.6 Å². The van der Waals surface area contributed by atoms with E-state index in [-0.39, 0.29) is 18.8 Å². The molecule has 1 heterocycles. The number of aliphatic hydroxyl groups excluding tert-OH is 3. The van der Waals surface area contributed by atoms with Crippen molar-refractivity contribution in [2.75, 3.05) is 13.2 Å². The zero-order chi connectivity index (χ0) is 40.5. The number of nitrogens with one attached hydrogen (secondary N) is 3. The summed E-state index contributed by atoms with van der Waals surface area (Å²) in [5.74, 6) is -4.42. The summed E-state index contributed by atoms with van der Waals surface area (Å²) in [4.78, 5) is 72.8. The van der Waals surface area contributed by atoms with Crippen molar-refractivity contribution in [2.45, 2.75) is 185 Å². The Bertz CT molecular complexity index is 1140. The van der Waals surface area contributed by atoms with Crippen LogP contribution in [0.2, 0.25) is 0 Å². The number of unbranched alkanes of at least 4 members (excludes halogenated alkanes) is 12. The van der Waals surface area contributed by atoms with Crippen molar-refractivity contribution in [3.05, 3.63) is 0 Å². The molecule has 1 rings (SSSR count). The van der Waals surface area contributed by atoms with Crippen LogP contribution in [0, 0.1) is 0 Å². The second-order valence-electron chi connectivity index (χ2n) is 14.0. The molecule has 1 aliphatic heterocycles. The minimum Gasteiger partial charge on any atom is -0.481 e. The number of esters is 1. The van der Waals surface area contributed by atoms with Crippen molar-refractivity contribution < 1.29 is 63.4 Å². The summed E-state index contributed by atoms with van der Waals surface area (Å²) in [6.45, 7) is 4.49. The maximum Gasteiger partial charge on any atom is 0.305 e. The van der Waals surface area contributed by atoms with Gasteiger partial charge in [0.15, 0.2) is 6.29 Å². The summed E-state index contributed by atoms with van der Waals surface area (Å²) in [6, 6.07) is -3.82. The molecule has 1 fully saturated rings. The zero-order valence-corrected chi connectivity index (χ0v) is 32.3. The first kappa shape index (κ1) is 48.6. The smallest absolute Gasteiger partial charge is 0.305 e. The summed E-state index contributed by atoms with van der Waals surface area (Å²) >= 11 is 0. The molecule has 312 valence electrons. The third-order valence-corrected chi connectivity index (χ3v) is 9.29. The number of carboxylic acid groups (broad SMARTS) is 1. The molecule has 1 aliphatic rings. The first-order valence-electron chi connectivity index (χ1n) is 19.6. The molecular formula is C37H66N4O13. The highest BCUT2D eigenvalue weighted by Crippen LogP contribution is 2.24. The van der Waals surface area contributed by atoms with Crippen LogP contribution in [0.4, 0.5) is 0 Å². The first-order chi connectivity index (χ1) is 25.7. The molecule has 8 atom stereocenters. The average molecular weight is 775 g/mol. The monoisotopic (exact) mass is 774 g/mol. The largest absolute Gasteiger partial charge is 0.481 e. The predicted molar refractivity (Wildman–Crippen MR) is 196 cm³/mol. The third kappa shape index (κ3) is 20.3. The Balaban J connectivity index is 2.47. The summed E-state index contributed by atoms with van der Waals surface area (Å²) in [5, 5.41) is 47.2. The van der Waals surface area contributed by atoms with Gasteiger partial charge in [-0.25, -0.2) is 0 Å². The summed E-state index contributed by atoms with van der Waals surface area (Å²) in [6.07, 6.45) is 6.81. The van der Waals surface area contributed by atoms with Crippen molar-refractivity contribution in [2.24, 2.45) is 5.73 Å². The van der Waals surface area contributed by atoms with E-state index in [9.17, 15) is 44.1 Å². The van der Waals surface area contributed by atoms with E-state index in [0.717, 1.165) is 44.9 Å². The second kappa shape index (κ2) is 28.1. The zero-order valence-electron chi connectivity index (χ0n) is 32.3. The van der Waals surface area contributed by atoms with Crippen LogP contribution in [-0.4, -0.2) is 118 Å². The molecule has 0 aromatic carbocycles. The molecule has 0 saturated carbocycles. The maximum absolute atomic E-state index is 12.9. The van der Waals surface area contributed by atoms with Crippen LogP contribution in [0.15, 0.2) is 0 Å². The molecule has 9 N–H and O–H groups in total. The fourth-order valence-electron chi connectivity index (χ4n) is 5.96. The van der Waals surface area contributed by atoms with Gasteiger partial charge in [0.05, 0.1) is 13.2 Å². The Morgan fingerprint density at radius 2 is 1.35 bits per heavy atom. The van der Waals surface area contributed by atoms with E-state index in [1.54, 1.807) is 0 Å². The lowest BCUT2D eigenvalue weighted by Gasteiger charge is -2.43. The van der Waals surface area contributed by atoms with Gasteiger partial charge in [0.1, 0.15) is 42.5 Å². The highest BCUT2D eigenvalue weighted by atomic mass is 16.6. The molecule has 0 radical (unpaired) electrons. The Kier molecular flexibility index (Phi) is 25.3. The summed E-state index contributed by atoms with van der Waals surface area (Å²) in [7, 11) is 0. The van der Waals surface area contributed by atoms with Gasteiger partial charge in [0, 0.05) is 19.3 Å². The van der Waals surface area contributed by atoms with Crippen LogP contribution in [0.1, 0.15) is 136 Å². The lowest BCUT2D eigenvalue weighted by atomic mass is 9.96. The summed E-state index contributed by atoms with van der Waals surface area (Å²) < 4.78 is 16.4. The lowest BCUT2D eigenvalue weighted by molar-refractivity contribution is -0.266. The number of aliphatic hydroxyl groups is 3. The number of carboxylic acids is 1. The number of amides is 4. The Labute approximate surface area is 318 Å². The minimum absolute atomic E-state index is 0.0879. The van der Waals surface area contributed by atoms with E-state index in [2.05, 4.69) is 22.9 Å². The van der Waals surface area contributed by atoms with Crippen LogP contribution in [0.25, 0.3) is 0 Å². The number of ether oxygens (including phenoxy) is 3. The molecule has 54 heavy (non-hydrogen) atoms.